The van der Waals surface area contributed by atoms with Crippen molar-refractivity contribution in [3.63, 3.8) is 0 Å². The summed E-state index contributed by atoms with van der Waals surface area (Å²) in [6.07, 6.45) is 8.06. The van der Waals surface area contributed by atoms with E-state index < -0.39 is 0 Å². The van der Waals surface area contributed by atoms with E-state index >= 15 is 0 Å². The third-order valence-corrected chi connectivity index (χ3v) is 4.58. The Morgan fingerprint density at radius 1 is 1.16 bits per heavy atom. The Morgan fingerprint density at radius 3 is 2.47 bits per heavy atom. The monoisotopic (exact) mass is 258 g/mol. The smallest absolute Gasteiger partial charge is 0.111 e. The van der Waals surface area contributed by atoms with Gasteiger partial charge in [0.25, 0.3) is 0 Å². The molecule has 1 heterocycles. The molecule has 3 rings (SSSR count). The molecule has 1 atom stereocenters. The molecule has 1 aliphatic carbocycles. The number of hydrazine groups is 1. The molecule has 1 fully saturated rings. The van der Waals surface area contributed by atoms with Crippen LogP contribution in [0, 0.1) is 0 Å². The Kier molecular flexibility index (Phi) is 3.58. The Hall–Kier alpha value is -1.32. The normalized spacial score (nSPS) is 22.9. The molecular formula is C16H22N2O. The van der Waals surface area contributed by atoms with Crippen molar-refractivity contribution in [1.82, 2.24) is 5.43 Å². The lowest BCUT2D eigenvalue weighted by Gasteiger charge is -2.38. The van der Waals surface area contributed by atoms with Crippen LogP contribution in [0.1, 0.15) is 37.7 Å². The molecule has 0 bridgehead atoms. The quantitative estimate of drug-likeness (QED) is 0.644. The molecule has 3 nitrogen and oxygen atoms in total. The number of hydrogen-bond donors (Lipinski definition) is 2. The standard InChI is InChI=1S/C16H22N2O/c17-18-15(14-9-6-12-19-14)16(10-4-5-11-16)13-7-2-1-3-8-13/h1-3,7-9,15,18H,4-6,10-12,17H2. The number of benzene rings is 1. The molecule has 1 aromatic rings. The van der Waals surface area contributed by atoms with Crippen LogP contribution in [0.25, 0.3) is 0 Å². The molecule has 1 aromatic carbocycles. The van der Waals surface area contributed by atoms with E-state index in [4.69, 9.17) is 10.6 Å². The van der Waals surface area contributed by atoms with Crippen molar-refractivity contribution < 1.29 is 4.74 Å². The summed E-state index contributed by atoms with van der Waals surface area (Å²) in [6, 6.07) is 10.9. The molecule has 0 saturated heterocycles. The van der Waals surface area contributed by atoms with E-state index in [9.17, 15) is 0 Å². The highest BCUT2D eigenvalue weighted by Gasteiger charge is 2.45. The summed E-state index contributed by atoms with van der Waals surface area (Å²) in [6.45, 7) is 0.790. The van der Waals surface area contributed by atoms with Gasteiger partial charge in [0.2, 0.25) is 0 Å². The lowest BCUT2D eigenvalue weighted by atomic mass is 9.72. The predicted molar refractivity (Wildman–Crippen MR) is 76.4 cm³/mol. The Morgan fingerprint density at radius 2 is 1.89 bits per heavy atom. The second-order valence-electron chi connectivity index (χ2n) is 5.57. The van der Waals surface area contributed by atoms with Gasteiger partial charge in [0, 0.05) is 11.8 Å². The molecule has 1 unspecified atom stereocenters. The lowest BCUT2D eigenvalue weighted by molar-refractivity contribution is 0.178. The van der Waals surface area contributed by atoms with Crippen LogP contribution in [-0.4, -0.2) is 12.6 Å². The minimum Gasteiger partial charge on any atom is -0.496 e. The minimum atomic E-state index is 0.0895. The van der Waals surface area contributed by atoms with Crippen LogP contribution in [0.4, 0.5) is 0 Å². The molecule has 0 spiro atoms. The van der Waals surface area contributed by atoms with Crippen LogP contribution in [-0.2, 0) is 10.2 Å². The van der Waals surface area contributed by atoms with Gasteiger partial charge in [-0.2, -0.15) is 0 Å². The Balaban J connectivity index is 1.99. The van der Waals surface area contributed by atoms with Gasteiger partial charge >= 0.3 is 0 Å². The topological polar surface area (TPSA) is 47.3 Å². The maximum atomic E-state index is 5.88. The van der Waals surface area contributed by atoms with E-state index in [1.807, 2.05) is 0 Å². The molecule has 1 aliphatic heterocycles. The molecule has 2 aliphatic rings. The van der Waals surface area contributed by atoms with Gasteiger partial charge < -0.3 is 4.74 Å². The Bertz CT molecular complexity index is 449. The van der Waals surface area contributed by atoms with Gasteiger partial charge in [0.05, 0.1) is 12.6 Å². The van der Waals surface area contributed by atoms with E-state index in [2.05, 4.69) is 41.8 Å². The van der Waals surface area contributed by atoms with Crippen molar-refractivity contribution in [2.45, 2.75) is 43.6 Å². The van der Waals surface area contributed by atoms with Crippen LogP contribution in [0.3, 0.4) is 0 Å². The van der Waals surface area contributed by atoms with E-state index in [0.717, 1.165) is 18.8 Å². The van der Waals surface area contributed by atoms with Gasteiger partial charge in [0.15, 0.2) is 0 Å². The summed E-state index contributed by atoms with van der Waals surface area (Å²) in [5.74, 6) is 6.92. The second-order valence-corrected chi connectivity index (χ2v) is 5.57. The first-order valence-corrected chi connectivity index (χ1v) is 7.21. The van der Waals surface area contributed by atoms with E-state index in [1.165, 1.54) is 31.2 Å². The van der Waals surface area contributed by atoms with Gasteiger partial charge in [-0.05, 0) is 24.5 Å². The summed E-state index contributed by atoms with van der Waals surface area (Å²) >= 11 is 0. The highest BCUT2D eigenvalue weighted by Crippen LogP contribution is 2.46. The van der Waals surface area contributed by atoms with Gasteiger partial charge in [-0.1, -0.05) is 43.2 Å². The number of nitrogens with two attached hydrogens (primary N) is 1. The van der Waals surface area contributed by atoms with Crippen molar-refractivity contribution in [2.24, 2.45) is 5.84 Å². The first-order chi connectivity index (χ1) is 9.37. The summed E-state index contributed by atoms with van der Waals surface area (Å²) in [4.78, 5) is 0. The van der Waals surface area contributed by atoms with Crippen molar-refractivity contribution >= 4 is 0 Å². The van der Waals surface area contributed by atoms with Gasteiger partial charge in [-0.25, -0.2) is 5.43 Å². The molecule has 102 valence electrons. The average molecular weight is 258 g/mol. The molecule has 3 N–H and O–H groups in total. The minimum absolute atomic E-state index is 0.0895. The van der Waals surface area contributed by atoms with Crippen LogP contribution in [0.15, 0.2) is 42.2 Å². The third kappa shape index (κ3) is 2.17. The average Bonchev–Trinajstić information content (AvgIpc) is 3.13. The van der Waals surface area contributed by atoms with Crippen LogP contribution < -0.4 is 11.3 Å². The number of rotatable bonds is 4. The van der Waals surface area contributed by atoms with Crippen LogP contribution in [0.2, 0.25) is 0 Å². The third-order valence-electron chi connectivity index (χ3n) is 4.58. The largest absolute Gasteiger partial charge is 0.496 e. The fraction of sp³-hybridized carbons (Fsp3) is 0.500. The van der Waals surface area contributed by atoms with E-state index in [0.29, 0.717) is 0 Å². The zero-order chi connectivity index (χ0) is 13.1. The summed E-state index contributed by atoms with van der Waals surface area (Å²) < 4.78 is 5.78. The van der Waals surface area contributed by atoms with Crippen molar-refractivity contribution in [3.8, 4) is 0 Å². The van der Waals surface area contributed by atoms with Gasteiger partial charge in [-0.15, -0.1) is 0 Å². The molecular weight excluding hydrogens is 236 g/mol. The maximum absolute atomic E-state index is 5.88. The zero-order valence-corrected chi connectivity index (χ0v) is 11.3. The lowest BCUT2D eigenvalue weighted by Crippen LogP contribution is -2.51. The second kappa shape index (κ2) is 5.35. The molecule has 0 aromatic heterocycles. The van der Waals surface area contributed by atoms with Gasteiger partial charge in [0.1, 0.15) is 5.76 Å². The molecule has 0 radical (unpaired) electrons. The van der Waals surface area contributed by atoms with Crippen molar-refractivity contribution in [2.75, 3.05) is 6.61 Å². The highest BCUT2D eigenvalue weighted by molar-refractivity contribution is 5.33. The number of hydrogen-bond acceptors (Lipinski definition) is 3. The highest BCUT2D eigenvalue weighted by atomic mass is 16.5. The Labute approximate surface area is 114 Å². The molecule has 19 heavy (non-hydrogen) atoms. The number of ether oxygens (including phenoxy) is 1. The van der Waals surface area contributed by atoms with E-state index in [1.54, 1.807) is 0 Å². The van der Waals surface area contributed by atoms with Gasteiger partial charge in [-0.3, -0.25) is 5.84 Å². The summed E-state index contributed by atoms with van der Waals surface area (Å²) in [7, 11) is 0. The molecule has 3 heteroatoms. The summed E-state index contributed by atoms with van der Waals surface area (Å²) in [5.41, 5.74) is 4.50. The fourth-order valence-electron chi connectivity index (χ4n) is 3.67. The first-order valence-electron chi connectivity index (χ1n) is 7.21. The first kappa shape index (κ1) is 12.7. The van der Waals surface area contributed by atoms with Crippen LogP contribution >= 0.6 is 0 Å². The number of nitrogens with one attached hydrogen (secondary N) is 1. The predicted octanol–water partition coefficient (Wildman–Crippen LogP) is 2.63. The van der Waals surface area contributed by atoms with Crippen molar-refractivity contribution in [3.05, 3.63) is 47.7 Å². The molecule has 1 saturated carbocycles. The maximum Gasteiger partial charge on any atom is 0.111 e. The molecule has 0 amide bonds. The van der Waals surface area contributed by atoms with E-state index in [-0.39, 0.29) is 11.5 Å². The van der Waals surface area contributed by atoms with Crippen LogP contribution in [0.5, 0.6) is 0 Å². The van der Waals surface area contributed by atoms with Crippen molar-refractivity contribution in [1.29, 1.82) is 0 Å². The SMILES string of the molecule is NNC(C1=CCCO1)C1(c2ccccc2)CCCC1. The fourth-order valence-corrected chi connectivity index (χ4v) is 3.67. The zero-order valence-electron chi connectivity index (χ0n) is 11.3. The summed E-state index contributed by atoms with van der Waals surface area (Å²) in [5, 5.41) is 0.